The number of hydrogen-bond donors (Lipinski definition) is 1. The van der Waals surface area contributed by atoms with Gasteiger partial charge in [0.1, 0.15) is 6.61 Å². The molecule has 31 heavy (non-hydrogen) atoms. The first-order valence-electron chi connectivity index (χ1n) is 11.0. The van der Waals surface area contributed by atoms with Gasteiger partial charge in [0.05, 0.1) is 29.0 Å². The second-order valence-electron chi connectivity index (χ2n) is 9.07. The summed E-state index contributed by atoms with van der Waals surface area (Å²) in [6.07, 6.45) is 3.26. The number of fused-ring (bicyclic) bond motifs is 5. The molecule has 6 heteroatoms. The molecule has 0 fully saturated rings. The fourth-order valence-corrected chi connectivity index (χ4v) is 5.70. The lowest BCUT2D eigenvalue weighted by molar-refractivity contribution is -0.172. The molecule has 0 radical (unpaired) electrons. The summed E-state index contributed by atoms with van der Waals surface area (Å²) in [6, 6.07) is 3.94. The van der Waals surface area contributed by atoms with E-state index in [1.165, 1.54) is 27.6 Å². The molecule has 3 aliphatic rings. The molecule has 3 aromatic rings. The normalized spacial score (nSPS) is 21.0. The number of aromatic nitrogens is 2. The van der Waals surface area contributed by atoms with Gasteiger partial charge in [-0.05, 0) is 73.9 Å². The van der Waals surface area contributed by atoms with Crippen LogP contribution in [0.1, 0.15) is 58.7 Å². The number of pyridine rings is 2. The highest BCUT2D eigenvalue weighted by molar-refractivity contribution is 5.93. The largest absolute Gasteiger partial charge is 0.458 e. The van der Waals surface area contributed by atoms with Crippen molar-refractivity contribution >= 4 is 16.9 Å². The van der Waals surface area contributed by atoms with Gasteiger partial charge in [-0.15, -0.1) is 0 Å². The van der Waals surface area contributed by atoms with E-state index in [9.17, 15) is 14.7 Å². The average molecular weight is 416 g/mol. The Morgan fingerprint density at radius 1 is 1.13 bits per heavy atom. The molecule has 1 unspecified atom stereocenters. The highest BCUT2D eigenvalue weighted by Crippen LogP contribution is 2.43. The van der Waals surface area contributed by atoms with Crippen LogP contribution in [-0.2, 0) is 41.1 Å². The Labute approximate surface area is 179 Å². The summed E-state index contributed by atoms with van der Waals surface area (Å²) < 4.78 is 6.90. The van der Waals surface area contributed by atoms with Crippen molar-refractivity contribution in [3.05, 3.63) is 61.4 Å². The molecule has 0 amide bonds. The zero-order valence-electron chi connectivity index (χ0n) is 18.0. The average Bonchev–Trinajstić information content (AvgIpc) is 3.14. The van der Waals surface area contributed by atoms with Crippen molar-refractivity contribution in [2.75, 3.05) is 0 Å². The first-order valence-corrected chi connectivity index (χ1v) is 11.0. The summed E-state index contributed by atoms with van der Waals surface area (Å²) in [5.74, 6) is -0.692. The van der Waals surface area contributed by atoms with E-state index in [0.717, 1.165) is 36.0 Å². The summed E-state index contributed by atoms with van der Waals surface area (Å²) in [7, 11) is 0. The zero-order valence-corrected chi connectivity index (χ0v) is 18.0. The SMILES string of the molecule is CCC1(O)C(=O)OCc2c1cc1n(c2=O)Cc2c-1nc1cc(C)c(C)c3c1c2CCC3. The second kappa shape index (κ2) is 6.04. The molecule has 0 saturated heterocycles. The maximum atomic E-state index is 13.4. The third-order valence-corrected chi connectivity index (χ3v) is 7.59. The third kappa shape index (κ3) is 2.23. The standard InChI is InChI=1S/C25H24N2O4/c1-4-25(30)18-9-20-22-16(10-27(20)23(28)17(18)11-31-24(25)29)15-7-5-6-14-13(3)12(2)8-19(26-22)21(14)15/h8-9,30H,4-7,10-11H2,1-3H3. The first-order chi connectivity index (χ1) is 14.8. The minimum Gasteiger partial charge on any atom is -0.458 e. The van der Waals surface area contributed by atoms with Gasteiger partial charge in [-0.3, -0.25) is 4.79 Å². The lowest BCUT2D eigenvalue weighted by Gasteiger charge is -2.31. The van der Waals surface area contributed by atoms with Gasteiger partial charge in [0, 0.05) is 16.5 Å². The number of carbonyl (C=O) groups excluding carboxylic acids is 1. The van der Waals surface area contributed by atoms with E-state index in [1.54, 1.807) is 17.6 Å². The summed E-state index contributed by atoms with van der Waals surface area (Å²) in [4.78, 5) is 30.8. The van der Waals surface area contributed by atoms with Crippen LogP contribution in [0.2, 0.25) is 0 Å². The number of esters is 1. The molecule has 1 aromatic carbocycles. The van der Waals surface area contributed by atoms with Crippen LogP contribution in [0.3, 0.4) is 0 Å². The molecule has 6 nitrogen and oxygen atoms in total. The monoisotopic (exact) mass is 416 g/mol. The summed E-state index contributed by atoms with van der Waals surface area (Å²) >= 11 is 0. The lowest BCUT2D eigenvalue weighted by atomic mass is 9.83. The second-order valence-corrected chi connectivity index (χ2v) is 9.07. The Balaban J connectivity index is 1.68. The van der Waals surface area contributed by atoms with E-state index in [4.69, 9.17) is 9.72 Å². The quantitative estimate of drug-likeness (QED) is 0.482. The van der Waals surface area contributed by atoms with Crippen molar-refractivity contribution in [2.45, 2.75) is 65.2 Å². The molecule has 6 rings (SSSR count). The van der Waals surface area contributed by atoms with Crippen molar-refractivity contribution in [3.8, 4) is 11.4 Å². The van der Waals surface area contributed by atoms with Crippen molar-refractivity contribution in [1.82, 2.24) is 9.55 Å². The predicted molar refractivity (Wildman–Crippen MR) is 116 cm³/mol. The van der Waals surface area contributed by atoms with Crippen LogP contribution in [0.4, 0.5) is 0 Å². The lowest BCUT2D eigenvalue weighted by Crippen LogP contribution is -2.44. The van der Waals surface area contributed by atoms with Gasteiger partial charge in [0.25, 0.3) is 5.56 Å². The van der Waals surface area contributed by atoms with Gasteiger partial charge in [-0.1, -0.05) is 6.92 Å². The number of aliphatic hydroxyl groups is 1. The molecule has 0 saturated carbocycles. The summed E-state index contributed by atoms with van der Waals surface area (Å²) in [5, 5.41) is 12.3. The van der Waals surface area contributed by atoms with Crippen LogP contribution in [0, 0.1) is 13.8 Å². The molecular formula is C25H24N2O4. The number of benzene rings is 1. The van der Waals surface area contributed by atoms with E-state index in [2.05, 4.69) is 19.9 Å². The Bertz CT molecular complexity index is 1400. The molecule has 2 aliphatic heterocycles. The summed E-state index contributed by atoms with van der Waals surface area (Å²) in [5.41, 5.74) is 7.53. The van der Waals surface area contributed by atoms with Gasteiger partial charge in [0.15, 0.2) is 5.60 Å². The maximum Gasteiger partial charge on any atom is 0.343 e. The van der Waals surface area contributed by atoms with E-state index >= 15 is 0 Å². The van der Waals surface area contributed by atoms with E-state index in [1.807, 2.05) is 0 Å². The number of cyclic esters (lactones) is 1. The molecule has 0 bridgehead atoms. The molecule has 1 atom stereocenters. The first kappa shape index (κ1) is 18.8. The minimum atomic E-state index is -1.79. The van der Waals surface area contributed by atoms with Gasteiger partial charge in [-0.2, -0.15) is 0 Å². The number of nitrogens with zero attached hydrogens (tertiary/aromatic N) is 2. The van der Waals surface area contributed by atoms with Crippen LogP contribution in [-0.4, -0.2) is 20.6 Å². The third-order valence-electron chi connectivity index (χ3n) is 7.59. The number of carbonyl (C=O) groups is 1. The molecular weight excluding hydrogens is 392 g/mol. The van der Waals surface area contributed by atoms with Gasteiger partial charge < -0.3 is 14.4 Å². The number of rotatable bonds is 1. The fourth-order valence-electron chi connectivity index (χ4n) is 5.70. The Morgan fingerprint density at radius 3 is 2.68 bits per heavy atom. The molecule has 1 N–H and O–H groups in total. The number of hydrogen-bond acceptors (Lipinski definition) is 5. The van der Waals surface area contributed by atoms with Crippen LogP contribution in [0.25, 0.3) is 22.3 Å². The van der Waals surface area contributed by atoms with E-state index < -0.39 is 11.6 Å². The highest BCUT2D eigenvalue weighted by Gasteiger charge is 2.45. The topological polar surface area (TPSA) is 81.4 Å². The molecule has 158 valence electrons. The molecule has 4 heterocycles. The van der Waals surface area contributed by atoms with Gasteiger partial charge >= 0.3 is 5.97 Å². The van der Waals surface area contributed by atoms with E-state index in [0.29, 0.717) is 23.4 Å². The van der Waals surface area contributed by atoms with Crippen LogP contribution in [0.15, 0.2) is 16.9 Å². The molecule has 0 spiro atoms. The molecule has 2 aromatic heterocycles. The maximum absolute atomic E-state index is 13.4. The Hall–Kier alpha value is -2.99. The van der Waals surface area contributed by atoms with Crippen molar-refractivity contribution < 1.29 is 14.6 Å². The van der Waals surface area contributed by atoms with Crippen molar-refractivity contribution in [1.29, 1.82) is 0 Å². The minimum absolute atomic E-state index is 0.100. The van der Waals surface area contributed by atoms with E-state index in [-0.39, 0.29) is 18.6 Å². The van der Waals surface area contributed by atoms with Crippen LogP contribution < -0.4 is 5.56 Å². The highest BCUT2D eigenvalue weighted by atomic mass is 16.6. The predicted octanol–water partition coefficient (Wildman–Crippen LogP) is 3.19. The fraction of sp³-hybridized carbons (Fsp3) is 0.400. The van der Waals surface area contributed by atoms with Crippen LogP contribution in [0.5, 0.6) is 0 Å². The van der Waals surface area contributed by atoms with Crippen molar-refractivity contribution in [2.24, 2.45) is 0 Å². The summed E-state index contributed by atoms with van der Waals surface area (Å²) in [6.45, 7) is 6.40. The molecule has 1 aliphatic carbocycles. The van der Waals surface area contributed by atoms with Gasteiger partial charge in [-0.25, -0.2) is 9.78 Å². The number of aryl methyl sites for hydroxylation is 3. The number of ether oxygens (including phenoxy) is 1. The van der Waals surface area contributed by atoms with Crippen LogP contribution >= 0.6 is 0 Å². The van der Waals surface area contributed by atoms with Gasteiger partial charge in [0.2, 0.25) is 0 Å². The Kier molecular flexibility index (Phi) is 3.65. The zero-order chi connectivity index (χ0) is 21.7. The van der Waals surface area contributed by atoms with Crippen molar-refractivity contribution in [3.63, 3.8) is 0 Å². The Morgan fingerprint density at radius 2 is 1.90 bits per heavy atom. The smallest absolute Gasteiger partial charge is 0.343 e.